The molecule has 0 aliphatic rings. The second kappa shape index (κ2) is 12.2. The summed E-state index contributed by atoms with van der Waals surface area (Å²) in [7, 11) is 3.23. The number of carbonyl (C=O) groups excluding carboxylic acids is 2. The largest absolute Gasteiger partial charge is 0.493 e. The van der Waals surface area contributed by atoms with Gasteiger partial charge in [-0.15, -0.1) is 11.3 Å². The summed E-state index contributed by atoms with van der Waals surface area (Å²) < 4.78 is 10.8. The van der Waals surface area contributed by atoms with Crippen molar-refractivity contribution in [3.8, 4) is 11.5 Å². The fraction of sp³-hybridized carbons (Fsp3) is 0.556. The number of thiophene rings is 1. The molecule has 34 heavy (non-hydrogen) atoms. The predicted octanol–water partition coefficient (Wildman–Crippen LogP) is 5.32. The number of rotatable bonds is 11. The summed E-state index contributed by atoms with van der Waals surface area (Å²) in [6.45, 7) is 13.0. The highest BCUT2D eigenvalue weighted by Gasteiger charge is 2.32. The molecule has 0 aliphatic heterocycles. The van der Waals surface area contributed by atoms with E-state index in [-0.39, 0.29) is 24.4 Å². The fourth-order valence-electron chi connectivity index (χ4n) is 3.68. The number of hydrogen-bond donors (Lipinski definition) is 0. The molecule has 1 aromatic heterocycles. The van der Waals surface area contributed by atoms with E-state index in [0.29, 0.717) is 31.0 Å². The van der Waals surface area contributed by atoms with Gasteiger partial charge >= 0.3 is 0 Å². The van der Waals surface area contributed by atoms with Crippen molar-refractivity contribution in [3.05, 3.63) is 45.6 Å². The van der Waals surface area contributed by atoms with E-state index in [2.05, 4.69) is 19.1 Å². The molecule has 1 heterocycles. The third-order valence-electron chi connectivity index (χ3n) is 5.94. The van der Waals surface area contributed by atoms with Crippen LogP contribution < -0.4 is 9.47 Å². The molecule has 0 spiro atoms. The summed E-state index contributed by atoms with van der Waals surface area (Å²) in [6, 6.07) is 9.97. The van der Waals surface area contributed by atoms with Crippen LogP contribution in [-0.2, 0) is 22.6 Å². The van der Waals surface area contributed by atoms with Crippen LogP contribution in [0.2, 0.25) is 0 Å². The van der Waals surface area contributed by atoms with E-state index in [1.807, 2.05) is 57.7 Å². The van der Waals surface area contributed by atoms with Crippen molar-refractivity contribution in [1.82, 2.24) is 9.80 Å². The van der Waals surface area contributed by atoms with Crippen LogP contribution in [0, 0.1) is 12.3 Å². The minimum absolute atomic E-state index is 0.00186. The molecule has 2 amide bonds. The molecule has 6 nitrogen and oxygen atoms in total. The third-order valence-corrected chi connectivity index (χ3v) is 6.93. The summed E-state index contributed by atoms with van der Waals surface area (Å²) >= 11 is 1.70. The average molecular weight is 489 g/mol. The maximum absolute atomic E-state index is 13.6. The quantitative estimate of drug-likeness (QED) is 0.430. The van der Waals surface area contributed by atoms with Crippen molar-refractivity contribution in [2.24, 2.45) is 5.41 Å². The van der Waals surface area contributed by atoms with Gasteiger partial charge in [0.15, 0.2) is 11.5 Å². The molecule has 188 valence electrons. The number of nitrogens with zero attached hydrogens (tertiary/aromatic N) is 2. The molecule has 1 unspecified atom stereocenters. The Morgan fingerprint density at radius 3 is 2.26 bits per heavy atom. The molecule has 0 aliphatic carbocycles. The second-order valence-electron chi connectivity index (χ2n) is 9.71. The molecule has 1 aromatic carbocycles. The van der Waals surface area contributed by atoms with Gasteiger partial charge in [-0.2, -0.15) is 0 Å². The number of ether oxygens (including phenoxy) is 2. The van der Waals surface area contributed by atoms with Gasteiger partial charge in [-0.05, 0) is 56.5 Å². The molecular weight excluding hydrogens is 448 g/mol. The van der Waals surface area contributed by atoms with Crippen LogP contribution in [0.4, 0.5) is 0 Å². The maximum atomic E-state index is 13.6. The highest BCUT2D eigenvalue weighted by molar-refractivity contribution is 7.11. The van der Waals surface area contributed by atoms with E-state index >= 15 is 0 Å². The molecule has 2 rings (SSSR count). The molecule has 1 atom stereocenters. The van der Waals surface area contributed by atoms with Crippen molar-refractivity contribution in [3.63, 3.8) is 0 Å². The van der Waals surface area contributed by atoms with Gasteiger partial charge in [0.2, 0.25) is 11.8 Å². The molecule has 0 bridgehead atoms. The highest BCUT2D eigenvalue weighted by atomic mass is 32.1. The molecular formula is C27H40N2O4S. The van der Waals surface area contributed by atoms with Crippen LogP contribution >= 0.6 is 11.3 Å². The normalized spacial score (nSPS) is 12.2. The zero-order valence-electron chi connectivity index (χ0n) is 21.9. The molecule has 0 saturated heterocycles. The van der Waals surface area contributed by atoms with E-state index in [1.54, 1.807) is 30.5 Å². The smallest absolute Gasteiger partial charge is 0.242 e. The van der Waals surface area contributed by atoms with Gasteiger partial charge in [0, 0.05) is 27.8 Å². The summed E-state index contributed by atoms with van der Waals surface area (Å²) in [4.78, 5) is 32.6. The number of aryl methyl sites for hydroxylation is 1. The zero-order chi connectivity index (χ0) is 25.5. The van der Waals surface area contributed by atoms with E-state index in [4.69, 9.17) is 9.47 Å². The lowest BCUT2D eigenvalue weighted by molar-refractivity contribution is -0.148. The van der Waals surface area contributed by atoms with Crippen LogP contribution in [0.3, 0.4) is 0 Å². The number of amides is 2. The van der Waals surface area contributed by atoms with Crippen LogP contribution in [0.15, 0.2) is 30.3 Å². The van der Waals surface area contributed by atoms with Gasteiger partial charge in [-0.3, -0.25) is 9.59 Å². The number of benzene rings is 1. The summed E-state index contributed by atoms with van der Waals surface area (Å²) in [5.41, 5.74) is 0.515. The van der Waals surface area contributed by atoms with Crippen LogP contribution in [0.5, 0.6) is 11.5 Å². The Hall–Kier alpha value is -2.54. The van der Waals surface area contributed by atoms with Gasteiger partial charge < -0.3 is 19.3 Å². The second-order valence-corrected chi connectivity index (χ2v) is 11.1. The average Bonchev–Trinajstić information content (AvgIpc) is 3.22. The highest BCUT2D eigenvalue weighted by Crippen LogP contribution is 2.28. The third kappa shape index (κ3) is 7.49. The number of hydrogen-bond acceptors (Lipinski definition) is 5. The topological polar surface area (TPSA) is 59.1 Å². The van der Waals surface area contributed by atoms with Crippen LogP contribution in [-0.4, -0.2) is 55.0 Å². The molecule has 0 radical (unpaired) electrons. The van der Waals surface area contributed by atoms with Gasteiger partial charge in [0.25, 0.3) is 0 Å². The Morgan fingerprint density at radius 2 is 1.74 bits per heavy atom. The van der Waals surface area contributed by atoms with Crippen molar-refractivity contribution in [2.75, 3.05) is 27.3 Å². The van der Waals surface area contributed by atoms with E-state index in [0.717, 1.165) is 16.9 Å². The first-order chi connectivity index (χ1) is 16.0. The van der Waals surface area contributed by atoms with Crippen molar-refractivity contribution in [1.29, 1.82) is 0 Å². The standard InChI is InChI=1S/C27H40N2O4S/c1-9-19(2)29(26(31)27(4,5)6)18-25(30)28(17-22-12-10-20(3)34-22)15-14-21-11-13-23(32-7)24(16-21)33-8/h10-13,16,19H,9,14-15,17-18H2,1-8H3. The summed E-state index contributed by atoms with van der Waals surface area (Å²) in [5, 5.41) is 0. The Kier molecular flexibility index (Phi) is 9.98. The molecule has 0 fully saturated rings. The van der Waals surface area contributed by atoms with Crippen molar-refractivity contribution >= 4 is 23.2 Å². The predicted molar refractivity (Wildman–Crippen MR) is 139 cm³/mol. The number of carbonyl (C=O) groups is 2. The first-order valence-corrected chi connectivity index (χ1v) is 12.7. The lowest BCUT2D eigenvalue weighted by atomic mass is 9.93. The SMILES string of the molecule is CCC(C)N(CC(=O)N(CCc1ccc(OC)c(OC)c1)Cc1ccc(C)s1)C(=O)C(C)(C)C. The summed E-state index contributed by atoms with van der Waals surface area (Å²) in [6.07, 6.45) is 1.47. The van der Waals surface area contributed by atoms with Gasteiger partial charge in [-0.25, -0.2) is 0 Å². The molecule has 0 saturated carbocycles. The first kappa shape index (κ1) is 27.7. The van der Waals surface area contributed by atoms with Crippen molar-refractivity contribution in [2.45, 2.75) is 67.0 Å². The van der Waals surface area contributed by atoms with E-state index in [9.17, 15) is 9.59 Å². The summed E-state index contributed by atoms with van der Waals surface area (Å²) in [5.74, 6) is 1.31. The molecule has 2 aromatic rings. The Labute approximate surface area is 208 Å². The fourth-order valence-corrected chi connectivity index (χ4v) is 4.58. The van der Waals surface area contributed by atoms with E-state index < -0.39 is 5.41 Å². The minimum Gasteiger partial charge on any atom is -0.493 e. The monoisotopic (exact) mass is 488 g/mol. The molecule has 0 N–H and O–H groups in total. The Morgan fingerprint density at radius 1 is 1.06 bits per heavy atom. The van der Waals surface area contributed by atoms with Crippen LogP contribution in [0.25, 0.3) is 0 Å². The van der Waals surface area contributed by atoms with Gasteiger partial charge in [-0.1, -0.05) is 33.8 Å². The van der Waals surface area contributed by atoms with E-state index in [1.165, 1.54) is 4.88 Å². The van der Waals surface area contributed by atoms with Gasteiger partial charge in [0.1, 0.15) is 6.54 Å². The Bertz CT molecular complexity index is 964. The molecule has 7 heteroatoms. The zero-order valence-corrected chi connectivity index (χ0v) is 22.8. The minimum atomic E-state index is -0.543. The first-order valence-electron chi connectivity index (χ1n) is 11.8. The van der Waals surface area contributed by atoms with Crippen molar-refractivity contribution < 1.29 is 19.1 Å². The van der Waals surface area contributed by atoms with Gasteiger partial charge in [0.05, 0.1) is 20.8 Å². The lowest BCUT2D eigenvalue weighted by Gasteiger charge is -2.35. The lowest BCUT2D eigenvalue weighted by Crippen LogP contribution is -2.50. The maximum Gasteiger partial charge on any atom is 0.242 e. The number of methoxy groups -OCH3 is 2. The van der Waals surface area contributed by atoms with Crippen LogP contribution in [0.1, 0.15) is 56.4 Å². The Balaban J connectivity index is 2.24.